The Hall–Kier alpha value is -2.48. The molecule has 0 aliphatic carbocycles. The Balaban J connectivity index is 1.64. The van der Waals surface area contributed by atoms with Crippen molar-refractivity contribution in [1.82, 2.24) is 9.99 Å². The number of nitrogens with one attached hydrogen (secondary N) is 1. The first-order chi connectivity index (χ1) is 11.9. The lowest BCUT2D eigenvalue weighted by molar-refractivity contribution is -0.130. The highest BCUT2D eigenvalue weighted by Crippen LogP contribution is 2.20. The SMILES string of the molecule is C[C@@H]1CN(c2ccc(NC(=O)C3=NN(C)C(=O)CC3)cn2)C[C@@H](C)O1. The number of hydrazone groups is 1. The van der Waals surface area contributed by atoms with Crippen LogP contribution in [0.1, 0.15) is 26.7 Å². The molecule has 0 aromatic carbocycles. The van der Waals surface area contributed by atoms with E-state index < -0.39 is 0 Å². The van der Waals surface area contributed by atoms with E-state index >= 15 is 0 Å². The van der Waals surface area contributed by atoms with Gasteiger partial charge < -0.3 is 15.0 Å². The van der Waals surface area contributed by atoms with Gasteiger partial charge in [-0.05, 0) is 26.0 Å². The third-order valence-electron chi connectivity index (χ3n) is 4.22. The molecule has 134 valence electrons. The molecule has 1 fully saturated rings. The Morgan fingerprint density at radius 2 is 1.96 bits per heavy atom. The molecule has 2 amide bonds. The highest BCUT2D eigenvalue weighted by atomic mass is 16.5. The van der Waals surface area contributed by atoms with Gasteiger partial charge in [0.05, 0.1) is 24.1 Å². The van der Waals surface area contributed by atoms with Crippen molar-refractivity contribution in [2.75, 3.05) is 30.4 Å². The third-order valence-corrected chi connectivity index (χ3v) is 4.22. The van der Waals surface area contributed by atoms with E-state index in [0.29, 0.717) is 24.2 Å². The van der Waals surface area contributed by atoms with Crippen molar-refractivity contribution in [3.8, 4) is 0 Å². The number of rotatable bonds is 3. The molecule has 3 rings (SSSR count). The summed E-state index contributed by atoms with van der Waals surface area (Å²) in [5.74, 6) is 0.472. The number of carbonyl (C=O) groups excluding carboxylic acids is 2. The second-order valence-electron chi connectivity index (χ2n) is 6.49. The van der Waals surface area contributed by atoms with Crippen LogP contribution in [0.25, 0.3) is 0 Å². The van der Waals surface area contributed by atoms with Gasteiger partial charge >= 0.3 is 0 Å². The van der Waals surface area contributed by atoms with Crippen LogP contribution in [0.3, 0.4) is 0 Å². The summed E-state index contributed by atoms with van der Waals surface area (Å²) in [6.07, 6.45) is 2.61. The van der Waals surface area contributed by atoms with Gasteiger partial charge in [0.1, 0.15) is 11.5 Å². The lowest BCUT2D eigenvalue weighted by Crippen LogP contribution is -2.45. The highest BCUT2D eigenvalue weighted by Gasteiger charge is 2.24. The molecule has 3 heterocycles. The molecule has 2 aliphatic rings. The molecule has 2 aliphatic heterocycles. The van der Waals surface area contributed by atoms with Crippen LogP contribution in [0.2, 0.25) is 0 Å². The van der Waals surface area contributed by atoms with Crippen molar-refractivity contribution < 1.29 is 14.3 Å². The Labute approximate surface area is 146 Å². The first-order valence-electron chi connectivity index (χ1n) is 8.44. The van der Waals surface area contributed by atoms with E-state index in [9.17, 15) is 9.59 Å². The number of carbonyl (C=O) groups is 2. The zero-order valence-corrected chi connectivity index (χ0v) is 14.7. The normalized spacial score (nSPS) is 24.1. The van der Waals surface area contributed by atoms with Gasteiger partial charge in [-0.15, -0.1) is 0 Å². The van der Waals surface area contributed by atoms with Gasteiger partial charge in [0.15, 0.2) is 0 Å². The number of nitrogens with zero attached hydrogens (tertiary/aromatic N) is 4. The molecule has 1 aromatic heterocycles. The van der Waals surface area contributed by atoms with E-state index in [-0.39, 0.29) is 24.0 Å². The molecule has 0 bridgehead atoms. The van der Waals surface area contributed by atoms with Gasteiger partial charge in [0.25, 0.3) is 5.91 Å². The maximum atomic E-state index is 12.3. The molecule has 8 heteroatoms. The molecule has 0 unspecified atom stereocenters. The van der Waals surface area contributed by atoms with Crippen LogP contribution in [0.5, 0.6) is 0 Å². The number of morpholine rings is 1. The number of pyridine rings is 1. The van der Waals surface area contributed by atoms with Crippen LogP contribution in [-0.2, 0) is 14.3 Å². The first kappa shape index (κ1) is 17.3. The van der Waals surface area contributed by atoms with Gasteiger partial charge in [-0.3, -0.25) is 9.59 Å². The fourth-order valence-corrected chi connectivity index (χ4v) is 3.05. The topological polar surface area (TPSA) is 87.1 Å². The predicted molar refractivity (Wildman–Crippen MR) is 94.5 cm³/mol. The molecular formula is C17H23N5O3. The number of ether oxygens (including phenoxy) is 1. The predicted octanol–water partition coefficient (Wildman–Crippen LogP) is 1.24. The molecular weight excluding hydrogens is 322 g/mol. The smallest absolute Gasteiger partial charge is 0.271 e. The summed E-state index contributed by atoms with van der Waals surface area (Å²) in [7, 11) is 1.55. The second kappa shape index (κ2) is 7.18. The van der Waals surface area contributed by atoms with E-state index in [1.165, 1.54) is 5.01 Å². The maximum absolute atomic E-state index is 12.3. The van der Waals surface area contributed by atoms with Crippen molar-refractivity contribution in [1.29, 1.82) is 0 Å². The van der Waals surface area contributed by atoms with Crippen LogP contribution in [0.4, 0.5) is 11.5 Å². The van der Waals surface area contributed by atoms with E-state index in [2.05, 4.69) is 20.3 Å². The second-order valence-corrected chi connectivity index (χ2v) is 6.49. The zero-order valence-electron chi connectivity index (χ0n) is 14.7. The lowest BCUT2D eigenvalue weighted by atomic mass is 10.1. The summed E-state index contributed by atoms with van der Waals surface area (Å²) in [5.41, 5.74) is 0.951. The van der Waals surface area contributed by atoms with Crippen LogP contribution < -0.4 is 10.2 Å². The van der Waals surface area contributed by atoms with Gasteiger partial charge in [-0.1, -0.05) is 0 Å². The fraction of sp³-hybridized carbons (Fsp3) is 0.529. The number of amides is 2. The largest absolute Gasteiger partial charge is 0.372 e. The van der Waals surface area contributed by atoms with Crippen molar-refractivity contribution >= 4 is 29.0 Å². The maximum Gasteiger partial charge on any atom is 0.271 e. The average molecular weight is 345 g/mol. The molecule has 1 saturated heterocycles. The first-order valence-corrected chi connectivity index (χ1v) is 8.44. The van der Waals surface area contributed by atoms with Gasteiger partial charge in [0, 0.05) is 33.0 Å². The minimum Gasteiger partial charge on any atom is -0.372 e. The summed E-state index contributed by atoms with van der Waals surface area (Å²) in [6, 6.07) is 3.71. The Kier molecular flexibility index (Phi) is 4.98. The van der Waals surface area contributed by atoms with Gasteiger partial charge in [0.2, 0.25) is 5.91 Å². The minimum atomic E-state index is -0.303. The highest BCUT2D eigenvalue weighted by molar-refractivity contribution is 6.43. The quantitative estimate of drug-likeness (QED) is 0.891. The molecule has 25 heavy (non-hydrogen) atoms. The van der Waals surface area contributed by atoms with E-state index in [4.69, 9.17) is 4.74 Å². The molecule has 8 nitrogen and oxygen atoms in total. The third kappa shape index (κ3) is 4.14. The number of aromatic nitrogens is 1. The summed E-state index contributed by atoms with van der Waals surface area (Å²) in [6.45, 7) is 5.67. The van der Waals surface area contributed by atoms with Crippen LogP contribution in [0.15, 0.2) is 23.4 Å². The molecule has 0 saturated carbocycles. The minimum absolute atomic E-state index is 0.0865. The van der Waals surface area contributed by atoms with Gasteiger partial charge in [-0.25, -0.2) is 9.99 Å². The molecule has 1 N–H and O–H groups in total. The summed E-state index contributed by atoms with van der Waals surface area (Å²) >= 11 is 0. The molecule has 2 atom stereocenters. The monoisotopic (exact) mass is 345 g/mol. The van der Waals surface area contributed by atoms with E-state index in [1.807, 2.05) is 26.0 Å². The Morgan fingerprint density at radius 3 is 2.56 bits per heavy atom. The zero-order chi connectivity index (χ0) is 18.0. The van der Waals surface area contributed by atoms with E-state index in [1.54, 1.807) is 13.2 Å². The van der Waals surface area contributed by atoms with Crippen LogP contribution >= 0.6 is 0 Å². The van der Waals surface area contributed by atoms with E-state index in [0.717, 1.165) is 18.9 Å². The number of hydrogen-bond donors (Lipinski definition) is 1. The van der Waals surface area contributed by atoms with Crippen molar-refractivity contribution in [2.24, 2.45) is 5.10 Å². The standard InChI is InChI=1S/C17H23N5O3/c1-11-9-22(10-12(2)25-11)15-6-4-13(8-18-15)19-17(24)14-5-7-16(23)21(3)20-14/h4,6,8,11-12H,5,7,9-10H2,1-3H3,(H,19,24)/t11-,12-/m1/s1. The fourth-order valence-electron chi connectivity index (χ4n) is 3.05. The summed E-state index contributed by atoms with van der Waals surface area (Å²) in [4.78, 5) is 30.3. The lowest BCUT2D eigenvalue weighted by Gasteiger charge is -2.36. The summed E-state index contributed by atoms with van der Waals surface area (Å²) in [5, 5.41) is 8.00. The van der Waals surface area contributed by atoms with Crippen LogP contribution in [0, 0.1) is 0 Å². The molecule has 0 radical (unpaired) electrons. The van der Waals surface area contributed by atoms with Gasteiger partial charge in [-0.2, -0.15) is 5.10 Å². The van der Waals surface area contributed by atoms with Crippen LogP contribution in [-0.4, -0.2) is 59.9 Å². The molecule has 1 aromatic rings. The van der Waals surface area contributed by atoms with Crippen molar-refractivity contribution in [3.63, 3.8) is 0 Å². The number of hydrogen-bond acceptors (Lipinski definition) is 6. The molecule has 0 spiro atoms. The number of anilines is 2. The Morgan fingerprint density at radius 1 is 1.24 bits per heavy atom. The average Bonchev–Trinajstić information content (AvgIpc) is 2.57. The van der Waals surface area contributed by atoms with Crippen molar-refractivity contribution in [3.05, 3.63) is 18.3 Å². The van der Waals surface area contributed by atoms with Crippen molar-refractivity contribution in [2.45, 2.75) is 38.9 Å². The Bertz CT molecular complexity index is 678. The summed E-state index contributed by atoms with van der Waals surface area (Å²) < 4.78 is 5.73.